The minimum absolute atomic E-state index is 0.875. The third kappa shape index (κ3) is 7.08. The molecule has 0 radical (unpaired) electrons. The van der Waals surface area contributed by atoms with Crippen molar-refractivity contribution in [2.75, 3.05) is 13.2 Å². The summed E-state index contributed by atoms with van der Waals surface area (Å²) < 4.78 is 5.89. The van der Waals surface area contributed by atoms with Crippen LogP contribution in [0.5, 0.6) is 0 Å². The second kappa shape index (κ2) is 9.94. The van der Waals surface area contributed by atoms with Gasteiger partial charge >= 0.3 is 0 Å². The van der Waals surface area contributed by atoms with Gasteiger partial charge in [0.15, 0.2) is 0 Å². The summed E-state index contributed by atoms with van der Waals surface area (Å²) in [7, 11) is 0. The van der Waals surface area contributed by atoms with Gasteiger partial charge < -0.3 is 4.74 Å². The van der Waals surface area contributed by atoms with Gasteiger partial charge in [-0.2, -0.15) is 0 Å². The lowest BCUT2D eigenvalue weighted by Gasteiger charge is -2.22. The lowest BCUT2D eigenvalue weighted by molar-refractivity contribution is 0.0746. The Morgan fingerprint density at radius 3 is 2.47 bits per heavy atom. The molecule has 1 aliphatic rings. The molecular formula is C16H32O. The van der Waals surface area contributed by atoms with Gasteiger partial charge in [-0.1, -0.05) is 58.8 Å². The van der Waals surface area contributed by atoms with Gasteiger partial charge in [0.2, 0.25) is 0 Å². The van der Waals surface area contributed by atoms with E-state index < -0.39 is 0 Å². The van der Waals surface area contributed by atoms with Crippen LogP contribution in [0.4, 0.5) is 0 Å². The third-order valence-corrected chi connectivity index (χ3v) is 4.29. The Bertz CT molecular complexity index is 161. The van der Waals surface area contributed by atoms with E-state index >= 15 is 0 Å². The van der Waals surface area contributed by atoms with Crippen LogP contribution in [0.1, 0.15) is 78.1 Å². The Morgan fingerprint density at radius 1 is 1.06 bits per heavy atom. The molecule has 0 heterocycles. The van der Waals surface area contributed by atoms with Gasteiger partial charge in [0.25, 0.3) is 0 Å². The van der Waals surface area contributed by atoms with Crippen molar-refractivity contribution in [1.82, 2.24) is 0 Å². The average molecular weight is 240 g/mol. The van der Waals surface area contributed by atoms with Crippen LogP contribution in [-0.4, -0.2) is 13.2 Å². The molecule has 0 aromatic heterocycles. The molecule has 0 bridgehead atoms. The quantitative estimate of drug-likeness (QED) is 0.504. The van der Waals surface area contributed by atoms with E-state index in [0.717, 1.165) is 25.0 Å². The summed E-state index contributed by atoms with van der Waals surface area (Å²) in [4.78, 5) is 0. The monoisotopic (exact) mass is 240 g/mol. The van der Waals surface area contributed by atoms with E-state index in [1.165, 1.54) is 64.2 Å². The summed E-state index contributed by atoms with van der Waals surface area (Å²) >= 11 is 0. The molecule has 1 rings (SSSR count). The zero-order chi connectivity index (χ0) is 12.3. The van der Waals surface area contributed by atoms with Crippen LogP contribution >= 0.6 is 0 Å². The Morgan fingerprint density at radius 2 is 1.82 bits per heavy atom. The summed E-state index contributed by atoms with van der Waals surface area (Å²) in [5, 5.41) is 0. The normalized spacial score (nSPS) is 19.4. The highest BCUT2D eigenvalue weighted by Crippen LogP contribution is 2.24. The first-order valence-electron chi connectivity index (χ1n) is 7.94. The van der Waals surface area contributed by atoms with Crippen LogP contribution < -0.4 is 0 Å². The summed E-state index contributed by atoms with van der Waals surface area (Å²) in [5.74, 6) is 1.78. The van der Waals surface area contributed by atoms with Crippen molar-refractivity contribution in [3.8, 4) is 0 Å². The van der Waals surface area contributed by atoms with Gasteiger partial charge in [0.1, 0.15) is 0 Å². The van der Waals surface area contributed by atoms with Crippen LogP contribution in [0.15, 0.2) is 0 Å². The second-order valence-corrected chi connectivity index (χ2v) is 5.78. The van der Waals surface area contributed by atoms with Crippen molar-refractivity contribution in [1.29, 1.82) is 0 Å². The average Bonchev–Trinajstić information content (AvgIpc) is 2.39. The van der Waals surface area contributed by atoms with Crippen LogP contribution in [0.2, 0.25) is 0 Å². The number of hydrogen-bond acceptors (Lipinski definition) is 1. The predicted octanol–water partition coefficient (Wildman–Crippen LogP) is 5.19. The second-order valence-electron chi connectivity index (χ2n) is 5.78. The van der Waals surface area contributed by atoms with Crippen molar-refractivity contribution < 1.29 is 4.74 Å². The van der Waals surface area contributed by atoms with E-state index in [2.05, 4.69) is 13.8 Å². The van der Waals surface area contributed by atoms with E-state index in [4.69, 9.17) is 4.74 Å². The van der Waals surface area contributed by atoms with E-state index in [9.17, 15) is 0 Å². The van der Waals surface area contributed by atoms with Crippen molar-refractivity contribution in [3.63, 3.8) is 0 Å². The van der Waals surface area contributed by atoms with Gasteiger partial charge in [0, 0.05) is 13.2 Å². The molecule has 0 aromatic rings. The molecule has 0 N–H and O–H groups in total. The maximum absolute atomic E-state index is 5.89. The lowest BCUT2D eigenvalue weighted by Crippen LogP contribution is -2.15. The molecule has 1 unspecified atom stereocenters. The summed E-state index contributed by atoms with van der Waals surface area (Å²) in [5.41, 5.74) is 0. The number of unbranched alkanes of at least 4 members (excludes halogenated alkanes) is 1. The standard InChI is InChI=1S/C16H32O/c1-3-5-9-15(4-2)12-13-17-14-16-10-7-6-8-11-16/h15-16H,3-14H2,1-2H3. The smallest absolute Gasteiger partial charge is 0.0494 e. The molecule has 0 saturated heterocycles. The Balaban J connectivity index is 1.97. The zero-order valence-electron chi connectivity index (χ0n) is 12.0. The minimum Gasteiger partial charge on any atom is -0.381 e. The molecular weight excluding hydrogens is 208 g/mol. The molecule has 17 heavy (non-hydrogen) atoms. The van der Waals surface area contributed by atoms with Gasteiger partial charge in [-0.15, -0.1) is 0 Å². The molecule has 1 heteroatoms. The molecule has 1 nitrogen and oxygen atoms in total. The van der Waals surface area contributed by atoms with Gasteiger partial charge in [-0.25, -0.2) is 0 Å². The maximum atomic E-state index is 5.89. The summed E-state index contributed by atoms with van der Waals surface area (Å²) in [6, 6.07) is 0. The van der Waals surface area contributed by atoms with Crippen molar-refractivity contribution in [2.24, 2.45) is 11.8 Å². The Kier molecular flexibility index (Phi) is 8.78. The SMILES string of the molecule is CCCCC(CC)CCOCC1CCCCC1. The van der Waals surface area contributed by atoms with Gasteiger partial charge in [0.05, 0.1) is 0 Å². The van der Waals surface area contributed by atoms with Crippen molar-refractivity contribution in [3.05, 3.63) is 0 Å². The van der Waals surface area contributed by atoms with Gasteiger partial charge in [-0.3, -0.25) is 0 Å². The molecule has 1 saturated carbocycles. The predicted molar refractivity (Wildman–Crippen MR) is 75.3 cm³/mol. The number of ether oxygens (including phenoxy) is 1. The molecule has 1 atom stereocenters. The van der Waals surface area contributed by atoms with E-state index in [-0.39, 0.29) is 0 Å². The highest BCUT2D eigenvalue weighted by molar-refractivity contribution is 4.65. The minimum atomic E-state index is 0.875. The highest BCUT2D eigenvalue weighted by atomic mass is 16.5. The first kappa shape index (κ1) is 15.0. The fourth-order valence-electron chi connectivity index (χ4n) is 2.90. The highest BCUT2D eigenvalue weighted by Gasteiger charge is 2.13. The first-order chi connectivity index (χ1) is 8.36. The third-order valence-electron chi connectivity index (χ3n) is 4.29. The largest absolute Gasteiger partial charge is 0.381 e. The summed E-state index contributed by atoms with van der Waals surface area (Å²) in [6.07, 6.45) is 13.9. The molecule has 1 fully saturated rings. The Hall–Kier alpha value is -0.0400. The van der Waals surface area contributed by atoms with Crippen LogP contribution in [0.3, 0.4) is 0 Å². The fourth-order valence-corrected chi connectivity index (χ4v) is 2.90. The summed E-state index contributed by atoms with van der Waals surface area (Å²) in [6.45, 7) is 6.64. The van der Waals surface area contributed by atoms with Crippen LogP contribution in [0, 0.1) is 11.8 Å². The van der Waals surface area contributed by atoms with E-state index in [0.29, 0.717) is 0 Å². The Labute approximate surface area is 108 Å². The molecule has 0 spiro atoms. The number of hydrogen-bond donors (Lipinski definition) is 0. The van der Waals surface area contributed by atoms with E-state index in [1.807, 2.05) is 0 Å². The molecule has 0 amide bonds. The molecule has 102 valence electrons. The fraction of sp³-hybridized carbons (Fsp3) is 1.00. The van der Waals surface area contributed by atoms with Crippen LogP contribution in [-0.2, 0) is 4.74 Å². The van der Waals surface area contributed by atoms with Gasteiger partial charge in [-0.05, 0) is 31.1 Å². The topological polar surface area (TPSA) is 9.23 Å². The maximum Gasteiger partial charge on any atom is 0.0494 e. The lowest BCUT2D eigenvalue weighted by atomic mass is 9.90. The zero-order valence-corrected chi connectivity index (χ0v) is 12.0. The van der Waals surface area contributed by atoms with Crippen LogP contribution in [0.25, 0.3) is 0 Å². The van der Waals surface area contributed by atoms with E-state index in [1.54, 1.807) is 0 Å². The number of rotatable bonds is 9. The molecule has 0 aromatic carbocycles. The molecule has 0 aliphatic heterocycles. The van der Waals surface area contributed by atoms with Crippen molar-refractivity contribution in [2.45, 2.75) is 78.1 Å². The molecule has 1 aliphatic carbocycles. The first-order valence-corrected chi connectivity index (χ1v) is 7.94. The van der Waals surface area contributed by atoms with Crippen molar-refractivity contribution >= 4 is 0 Å².